The van der Waals surface area contributed by atoms with Crippen molar-refractivity contribution in [3.05, 3.63) is 170 Å². The molecule has 0 radical (unpaired) electrons. The zero-order valence-electron chi connectivity index (χ0n) is 26.6. The van der Waals surface area contributed by atoms with Crippen molar-refractivity contribution < 1.29 is 0 Å². The van der Waals surface area contributed by atoms with Crippen LogP contribution in [-0.2, 0) is 0 Å². The van der Waals surface area contributed by atoms with Gasteiger partial charge in [-0.1, -0.05) is 158 Å². The summed E-state index contributed by atoms with van der Waals surface area (Å²) < 4.78 is 2.42. The van der Waals surface area contributed by atoms with Crippen molar-refractivity contribution in [1.82, 2.24) is 9.55 Å². The third kappa shape index (κ3) is 3.63. The minimum Gasteiger partial charge on any atom is -0.292 e. The van der Waals surface area contributed by atoms with Gasteiger partial charge in [0, 0.05) is 22.0 Å². The van der Waals surface area contributed by atoms with E-state index >= 15 is 0 Å². The Balaban J connectivity index is 1.37. The second-order valence-corrected chi connectivity index (χ2v) is 13.0. The Morgan fingerprint density at radius 2 is 0.837 bits per heavy atom. The predicted molar refractivity (Wildman–Crippen MR) is 208 cm³/mol. The quantitative estimate of drug-likeness (QED) is 0.142. The molecular formula is C47H28N2. The molecule has 0 saturated heterocycles. The first-order valence-electron chi connectivity index (χ1n) is 16.9. The van der Waals surface area contributed by atoms with E-state index in [4.69, 9.17) is 4.98 Å². The van der Waals surface area contributed by atoms with E-state index in [1.54, 1.807) is 0 Å². The lowest BCUT2D eigenvalue weighted by Gasteiger charge is -2.19. The van der Waals surface area contributed by atoms with E-state index in [1.807, 2.05) is 0 Å². The van der Waals surface area contributed by atoms with Crippen LogP contribution in [0.3, 0.4) is 0 Å². The standard InChI is InChI=1S/C47H28N2/c1-2-17-32(18-3-1)49-46-40-26-12-16-31-28-27-30-15-11-25-39(41(30)42(31)40)45(46)48-47(49)44-37-22-8-6-20-35(37)43(36-21-7-9-23-38(36)44)34-24-10-14-29-13-4-5-19-33(29)34/h1-28H. The summed E-state index contributed by atoms with van der Waals surface area (Å²) in [5.41, 5.74) is 6.93. The second kappa shape index (κ2) is 10.00. The number of imidazole rings is 1. The SMILES string of the molecule is c1ccc(-n2c(-c3c4ccccc4c(-c4cccc5ccccc45)c4ccccc34)nc3c4cccc5ccc6cccc(c6c54)c32)cc1. The highest BCUT2D eigenvalue weighted by Gasteiger charge is 2.25. The average Bonchev–Trinajstić information content (AvgIpc) is 3.57. The van der Waals surface area contributed by atoms with Gasteiger partial charge in [-0.2, -0.15) is 0 Å². The van der Waals surface area contributed by atoms with Crippen LogP contribution in [0.2, 0.25) is 0 Å². The van der Waals surface area contributed by atoms with Gasteiger partial charge in [-0.25, -0.2) is 4.98 Å². The Hall–Kier alpha value is -6.51. The van der Waals surface area contributed by atoms with Crippen LogP contribution >= 0.6 is 0 Å². The lowest BCUT2D eigenvalue weighted by atomic mass is 9.86. The highest BCUT2D eigenvalue weighted by atomic mass is 15.1. The minimum absolute atomic E-state index is 0.954. The fourth-order valence-corrected chi connectivity index (χ4v) is 8.51. The number of rotatable bonds is 3. The van der Waals surface area contributed by atoms with E-state index in [1.165, 1.54) is 75.8 Å². The molecular weight excluding hydrogens is 593 g/mol. The van der Waals surface area contributed by atoms with Crippen LogP contribution in [0.4, 0.5) is 0 Å². The molecule has 0 aliphatic heterocycles. The molecule has 0 aliphatic carbocycles. The van der Waals surface area contributed by atoms with Crippen molar-refractivity contribution in [2.45, 2.75) is 0 Å². The molecule has 0 fully saturated rings. The molecule has 2 heteroatoms. The summed E-state index contributed by atoms with van der Waals surface area (Å²) in [6, 6.07) is 61.8. The second-order valence-electron chi connectivity index (χ2n) is 13.0. The minimum atomic E-state index is 0.954. The molecule has 0 bridgehead atoms. The Morgan fingerprint density at radius 1 is 0.347 bits per heavy atom. The van der Waals surface area contributed by atoms with Crippen LogP contribution in [0.1, 0.15) is 0 Å². The molecule has 11 aromatic rings. The highest BCUT2D eigenvalue weighted by Crippen LogP contribution is 2.48. The maximum absolute atomic E-state index is 5.72. The lowest BCUT2D eigenvalue weighted by molar-refractivity contribution is 1.11. The van der Waals surface area contributed by atoms with Crippen molar-refractivity contribution in [2.75, 3.05) is 0 Å². The fraction of sp³-hybridized carbons (Fsp3) is 0. The molecule has 1 aromatic heterocycles. The number of fused-ring (bicyclic) bond motifs is 6. The van der Waals surface area contributed by atoms with Gasteiger partial charge >= 0.3 is 0 Å². The number of nitrogens with zero attached hydrogens (tertiary/aromatic N) is 2. The third-order valence-electron chi connectivity index (χ3n) is 10.5. The van der Waals surface area contributed by atoms with Gasteiger partial charge in [0.05, 0.1) is 11.0 Å². The van der Waals surface area contributed by atoms with E-state index in [0.29, 0.717) is 0 Å². The van der Waals surface area contributed by atoms with Crippen molar-refractivity contribution in [3.63, 3.8) is 0 Å². The molecule has 0 unspecified atom stereocenters. The van der Waals surface area contributed by atoms with E-state index in [9.17, 15) is 0 Å². The number of aromatic nitrogens is 2. The van der Waals surface area contributed by atoms with E-state index < -0.39 is 0 Å². The molecule has 2 nitrogen and oxygen atoms in total. The molecule has 0 amide bonds. The molecule has 226 valence electrons. The van der Waals surface area contributed by atoms with Gasteiger partial charge in [0.15, 0.2) is 0 Å². The highest BCUT2D eigenvalue weighted by molar-refractivity contribution is 6.33. The monoisotopic (exact) mass is 620 g/mol. The van der Waals surface area contributed by atoms with E-state index in [2.05, 4.69) is 174 Å². The number of benzene rings is 10. The summed E-state index contributed by atoms with van der Waals surface area (Å²) in [6.07, 6.45) is 0. The Morgan fingerprint density at radius 3 is 1.53 bits per heavy atom. The van der Waals surface area contributed by atoms with Crippen molar-refractivity contribution in [2.24, 2.45) is 0 Å². The average molecular weight is 621 g/mol. The first-order chi connectivity index (χ1) is 24.3. The Bertz CT molecular complexity index is 3030. The molecule has 0 N–H and O–H groups in total. The molecule has 11 rings (SSSR count). The van der Waals surface area contributed by atoms with E-state index in [-0.39, 0.29) is 0 Å². The summed E-state index contributed by atoms with van der Waals surface area (Å²) >= 11 is 0. The molecule has 0 atom stereocenters. The van der Waals surface area contributed by atoms with Crippen LogP contribution in [0.5, 0.6) is 0 Å². The normalized spacial score (nSPS) is 12.1. The maximum Gasteiger partial charge on any atom is 0.147 e. The molecule has 1 heterocycles. The number of para-hydroxylation sites is 1. The summed E-state index contributed by atoms with van der Waals surface area (Å²) in [6.45, 7) is 0. The van der Waals surface area contributed by atoms with Crippen LogP contribution < -0.4 is 0 Å². The topological polar surface area (TPSA) is 17.8 Å². The molecule has 10 aromatic carbocycles. The van der Waals surface area contributed by atoms with Crippen LogP contribution in [0, 0.1) is 0 Å². The van der Waals surface area contributed by atoms with Crippen molar-refractivity contribution in [3.8, 4) is 28.2 Å². The number of hydrogen-bond donors (Lipinski definition) is 0. The predicted octanol–water partition coefficient (Wildman–Crippen LogP) is 12.7. The zero-order chi connectivity index (χ0) is 32.1. The van der Waals surface area contributed by atoms with Crippen molar-refractivity contribution in [1.29, 1.82) is 0 Å². The third-order valence-corrected chi connectivity index (χ3v) is 10.5. The first kappa shape index (κ1) is 26.5. The Labute approximate surface area is 282 Å². The largest absolute Gasteiger partial charge is 0.292 e. The maximum atomic E-state index is 5.72. The fourth-order valence-electron chi connectivity index (χ4n) is 8.51. The summed E-state index contributed by atoms with van der Waals surface area (Å²) in [5.74, 6) is 0.954. The van der Waals surface area contributed by atoms with Gasteiger partial charge < -0.3 is 0 Å². The van der Waals surface area contributed by atoms with Crippen molar-refractivity contribution >= 4 is 75.7 Å². The number of hydrogen-bond acceptors (Lipinski definition) is 1. The summed E-state index contributed by atoms with van der Waals surface area (Å²) in [5, 5.41) is 14.8. The van der Waals surface area contributed by atoms with Gasteiger partial charge in [0.1, 0.15) is 5.82 Å². The van der Waals surface area contributed by atoms with Gasteiger partial charge in [-0.3, -0.25) is 4.57 Å². The Kier molecular flexibility index (Phi) is 5.42. The lowest BCUT2D eigenvalue weighted by Crippen LogP contribution is -2.00. The summed E-state index contributed by atoms with van der Waals surface area (Å²) in [4.78, 5) is 5.72. The van der Waals surface area contributed by atoms with Gasteiger partial charge in [0.2, 0.25) is 0 Å². The van der Waals surface area contributed by atoms with Gasteiger partial charge in [0.25, 0.3) is 0 Å². The summed E-state index contributed by atoms with van der Waals surface area (Å²) in [7, 11) is 0. The van der Waals surface area contributed by atoms with Crippen LogP contribution in [-0.4, -0.2) is 9.55 Å². The van der Waals surface area contributed by atoms with Gasteiger partial charge in [-0.15, -0.1) is 0 Å². The molecule has 0 spiro atoms. The zero-order valence-corrected chi connectivity index (χ0v) is 26.6. The van der Waals surface area contributed by atoms with Crippen LogP contribution in [0.25, 0.3) is 104 Å². The molecule has 0 aliphatic rings. The smallest absolute Gasteiger partial charge is 0.147 e. The first-order valence-corrected chi connectivity index (χ1v) is 16.9. The van der Waals surface area contributed by atoms with E-state index in [0.717, 1.165) is 28.1 Å². The van der Waals surface area contributed by atoms with Crippen LogP contribution in [0.15, 0.2) is 170 Å². The molecule has 49 heavy (non-hydrogen) atoms. The van der Waals surface area contributed by atoms with Gasteiger partial charge in [-0.05, 0) is 77.1 Å². The molecule has 0 saturated carbocycles.